The van der Waals surface area contributed by atoms with Crippen LogP contribution in [0.25, 0.3) is 0 Å². The van der Waals surface area contributed by atoms with Crippen molar-refractivity contribution in [1.82, 2.24) is 10.2 Å². The summed E-state index contributed by atoms with van der Waals surface area (Å²) in [7, 11) is 0. The van der Waals surface area contributed by atoms with Gasteiger partial charge in [0.1, 0.15) is 6.04 Å². The van der Waals surface area contributed by atoms with Gasteiger partial charge in [0.25, 0.3) is 0 Å². The van der Waals surface area contributed by atoms with Gasteiger partial charge in [-0.15, -0.1) is 0 Å². The van der Waals surface area contributed by atoms with E-state index in [1.807, 2.05) is 67.6 Å². The van der Waals surface area contributed by atoms with Gasteiger partial charge < -0.3 is 10.2 Å². The minimum absolute atomic E-state index is 0.135. The maximum Gasteiger partial charge on any atom is 0.243 e. The van der Waals surface area contributed by atoms with Crippen molar-refractivity contribution in [1.29, 1.82) is 0 Å². The van der Waals surface area contributed by atoms with Crippen LogP contribution in [-0.4, -0.2) is 29.3 Å². The fourth-order valence-corrected chi connectivity index (χ4v) is 3.99. The first-order chi connectivity index (χ1) is 15.5. The number of carbonyl (C=O) groups excluding carboxylic acids is 2. The van der Waals surface area contributed by atoms with Gasteiger partial charge in [-0.2, -0.15) is 0 Å². The summed E-state index contributed by atoms with van der Waals surface area (Å²) in [5.74, 6) is -0.359. The van der Waals surface area contributed by atoms with E-state index < -0.39 is 6.04 Å². The standard InChI is InChI=1S/C26H26Cl2N2O2/c1-2-29-26(32)24(16-19-9-4-3-5-10-19)30(18-21-12-6-7-14-23(21)28)25(31)17-20-11-8-13-22(27)15-20/h3-15,24H,2,16-18H2,1H3,(H,29,32)/t24-/m1/s1. The van der Waals surface area contributed by atoms with Gasteiger partial charge >= 0.3 is 0 Å². The van der Waals surface area contributed by atoms with Gasteiger partial charge in [-0.25, -0.2) is 0 Å². The Balaban J connectivity index is 1.97. The molecule has 0 heterocycles. The quantitative estimate of drug-likeness (QED) is 0.462. The number of rotatable bonds is 9. The number of carbonyl (C=O) groups is 2. The molecule has 0 spiro atoms. The number of nitrogens with zero attached hydrogens (tertiary/aromatic N) is 1. The Morgan fingerprint density at radius 3 is 2.28 bits per heavy atom. The Hall–Kier alpha value is -2.82. The van der Waals surface area contributed by atoms with Crippen molar-refractivity contribution in [2.24, 2.45) is 0 Å². The van der Waals surface area contributed by atoms with E-state index in [1.165, 1.54) is 0 Å². The van der Waals surface area contributed by atoms with Gasteiger partial charge in [-0.3, -0.25) is 9.59 Å². The van der Waals surface area contributed by atoms with Crippen LogP contribution in [0.5, 0.6) is 0 Å². The largest absolute Gasteiger partial charge is 0.355 e. The zero-order valence-electron chi connectivity index (χ0n) is 17.9. The van der Waals surface area contributed by atoms with Gasteiger partial charge in [0.15, 0.2) is 0 Å². The van der Waals surface area contributed by atoms with Gasteiger partial charge in [-0.05, 0) is 41.8 Å². The van der Waals surface area contributed by atoms with E-state index in [0.717, 1.165) is 16.7 Å². The molecule has 0 aliphatic rings. The smallest absolute Gasteiger partial charge is 0.243 e. The van der Waals surface area contributed by atoms with Crippen molar-refractivity contribution >= 4 is 35.0 Å². The summed E-state index contributed by atoms with van der Waals surface area (Å²) >= 11 is 12.5. The van der Waals surface area contributed by atoms with Crippen LogP contribution in [0.4, 0.5) is 0 Å². The number of hydrogen-bond donors (Lipinski definition) is 1. The molecule has 32 heavy (non-hydrogen) atoms. The van der Waals surface area contributed by atoms with Gasteiger partial charge in [0, 0.05) is 29.6 Å². The third kappa shape index (κ3) is 6.59. The van der Waals surface area contributed by atoms with Crippen molar-refractivity contribution in [3.8, 4) is 0 Å². The first kappa shape index (κ1) is 23.8. The van der Waals surface area contributed by atoms with Crippen LogP contribution in [0, 0.1) is 0 Å². The van der Waals surface area contributed by atoms with Crippen molar-refractivity contribution in [2.45, 2.75) is 32.4 Å². The second-order valence-corrected chi connectivity index (χ2v) is 8.36. The molecule has 0 saturated carbocycles. The summed E-state index contributed by atoms with van der Waals surface area (Å²) in [6, 6.07) is 23.6. The van der Waals surface area contributed by atoms with Crippen molar-refractivity contribution in [2.75, 3.05) is 6.54 Å². The normalized spacial score (nSPS) is 11.6. The van der Waals surface area contributed by atoms with Crippen LogP contribution in [-0.2, 0) is 29.0 Å². The Labute approximate surface area is 199 Å². The molecular weight excluding hydrogens is 443 g/mol. The minimum atomic E-state index is -0.680. The molecule has 3 aromatic carbocycles. The second-order valence-electron chi connectivity index (χ2n) is 7.52. The molecule has 0 aliphatic carbocycles. The van der Waals surface area contributed by atoms with Crippen LogP contribution >= 0.6 is 23.2 Å². The van der Waals surface area contributed by atoms with Crippen LogP contribution in [0.2, 0.25) is 10.0 Å². The average Bonchev–Trinajstić information content (AvgIpc) is 2.78. The van der Waals surface area contributed by atoms with E-state index in [9.17, 15) is 9.59 Å². The Morgan fingerprint density at radius 2 is 1.59 bits per heavy atom. The third-order valence-electron chi connectivity index (χ3n) is 5.17. The molecule has 0 fully saturated rings. The maximum absolute atomic E-state index is 13.5. The van der Waals surface area contributed by atoms with Crippen LogP contribution in [0.15, 0.2) is 78.9 Å². The molecule has 0 radical (unpaired) electrons. The molecule has 4 nitrogen and oxygen atoms in total. The molecule has 1 N–H and O–H groups in total. The number of halogens is 2. The summed E-state index contributed by atoms with van der Waals surface area (Å²) < 4.78 is 0. The lowest BCUT2D eigenvalue weighted by molar-refractivity contribution is -0.140. The Bertz CT molecular complexity index is 1060. The fourth-order valence-electron chi connectivity index (χ4n) is 3.58. The lowest BCUT2D eigenvalue weighted by Gasteiger charge is -2.32. The van der Waals surface area contributed by atoms with Gasteiger partial charge in [0.05, 0.1) is 6.42 Å². The maximum atomic E-state index is 13.5. The molecule has 0 aliphatic heterocycles. The summed E-state index contributed by atoms with van der Waals surface area (Å²) in [5, 5.41) is 4.01. The van der Waals surface area contributed by atoms with E-state index in [4.69, 9.17) is 23.2 Å². The van der Waals surface area contributed by atoms with Gasteiger partial charge in [0.2, 0.25) is 11.8 Å². The highest BCUT2D eigenvalue weighted by Gasteiger charge is 2.30. The summed E-state index contributed by atoms with van der Waals surface area (Å²) in [5.41, 5.74) is 2.56. The summed E-state index contributed by atoms with van der Waals surface area (Å²) in [6.07, 6.45) is 0.536. The van der Waals surface area contributed by atoms with E-state index in [-0.39, 0.29) is 24.8 Å². The number of amides is 2. The van der Waals surface area contributed by atoms with Crippen molar-refractivity contribution in [3.05, 3.63) is 106 Å². The first-order valence-electron chi connectivity index (χ1n) is 10.6. The third-order valence-corrected chi connectivity index (χ3v) is 5.77. The topological polar surface area (TPSA) is 49.4 Å². The highest BCUT2D eigenvalue weighted by molar-refractivity contribution is 6.31. The minimum Gasteiger partial charge on any atom is -0.355 e. The predicted molar refractivity (Wildman–Crippen MR) is 130 cm³/mol. The molecule has 0 bridgehead atoms. The molecule has 6 heteroatoms. The molecule has 0 saturated heterocycles. The Morgan fingerprint density at radius 1 is 0.906 bits per heavy atom. The van der Waals surface area contributed by atoms with E-state index in [1.54, 1.807) is 23.1 Å². The van der Waals surface area contributed by atoms with Crippen LogP contribution in [0.1, 0.15) is 23.6 Å². The fraction of sp³-hybridized carbons (Fsp3) is 0.231. The molecule has 166 valence electrons. The number of benzene rings is 3. The predicted octanol–water partition coefficient (Wildman–Crippen LogP) is 5.31. The number of likely N-dealkylation sites (N-methyl/N-ethyl adjacent to an activating group) is 1. The van der Waals surface area contributed by atoms with E-state index in [2.05, 4.69) is 5.32 Å². The zero-order chi connectivity index (χ0) is 22.9. The second kappa shape index (κ2) is 11.7. The molecule has 2 amide bonds. The summed E-state index contributed by atoms with van der Waals surface area (Å²) in [4.78, 5) is 28.3. The SMILES string of the molecule is CCNC(=O)[C@@H](Cc1ccccc1)N(Cc1ccccc1Cl)C(=O)Cc1cccc(Cl)c1. The highest BCUT2D eigenvalue weighted by Crippen LogP contribution is 2.22. The average molecular weight is 469 g/mol. The first-order valence-corrected chi connectivity index (χ1v) is 11.3. The molecule has 3 aromatic rings. The molecule has 0 aromatic heterocycles. The van der Waals surface area contributed by atoms with Crippen molar-refractivity contribution in [3.63, 3.8) is 0 Å². The zero-order valence-corrected chi connectivity index (χ0v) is 19.4. The molecule has 1 atom stereocenters. The summed E-state index contributed by atoms with van der Waals surface area (Å²) in [6.45, 7) is 2.57. The lowest BCUT2D eigenvalue weighted by atomic mass is 10.0. The Kier molecular flexibility index (Phi) is 8.72. The van der Waals surface area contributed by atoms with E-state index in [0.29, 0.717) is 23.0 Å². The van der Waals surface area contributed by atoms with E-state index >= 15 is 0 Å². The monoisotopic (exact) mass is 468 g/mol. The molecular formula is C26H26Cl2N2O2. The van der Waals surface area contributed by atoms with Crippen molar-refractivity contribution < 1.29 is 9.59 Å². The van der Waals surface area contributed by atoms with Crippen LogP contribution < -0.4 is 5.32 Å². The van der Waals surface area contributed by atoms with Crippen LogP contribution in [0.3, 0.4) is 0 Å². The number of nitrogens with one attached hydrogen (secondary N) is 1. The molecule has 3 rings (SSSR count). The molecule has 0 unspecified atom stereocenters. The highest BCUT2D eigenvalue weighted by atomic mass is 35.5. The lowest BCUT2D eigenvalue weighted by Crippen LogP contribution is -2.51. The van der Waals surface area contributed by atoms with Gasteiger partial charge in [-0.1, -0.05) is 83.9 Å². The number of hydrogen-bond acceptors (Lipinski definition) is 2.